The maximum atomic E-state index is 12.5. The molecule has 0 aliphatic rings. The van der Waals surface area contributed by atoms with E-state index in [9.17, 15) is 9.59 Å². The number of aromatic amines is 1. The third kappa shape index (κ3) is 3.97. The first-order chi connectivity index (χ1) is 14.5. The van der Waals surface area contributed by atoms with Gasteiger partial charge in [-0.1, -0.05) is 48.5 Å². The third-order valence-corrected chi connectivity index (χ3v) is 4.64. The predicted octanol–water partition coefficient (Wildman–Crippen LogP) is 3.88. The van der Waals surface area contributed by atoms with Crippen molar-refractivity contribution < 1.29 is 4.79 Å². The number of carbonyl (C=O) groups excluding carboxylic acids is 1. The van der Waals surface area contributed by atoms with Crippen molar-refractivity contribution in [3.8, 4) is 17.2 Å². The Morgan fingerprint density at radius 3 is 2.30 bits per heavy atom. The molecule has 0 spiro atoms. The van der Waals surface area contributed by atoms with Gasteiger partial charge in [0.05, 0.1) is 5.69 Å². The van der Waals surface area contributed by atoms with E-state index in [-0.39, 0.29) is 11.5 Å². The number of carbonyl (C=O) groups is 1. The second-order valence-corrected chi connectivity index (χ2v) is 6.74. The Morgan fingerprint density at radius 2 is 1.63 bits per heavy atom. The highest BCUT2D eigenvalue weighted by Crippen LogP contribution is 2.23. The zero-order chi connectivity index (χ0) is 21.1. The maximum Gasteiger partial charge on any atom is 0.324 e. The Balaban J connectivity index is 1.73. The van der Waals surface area contributed by atoms with Crippen LogP contribution in [0.1, 0.15) is 11.3 Å². The molecule has 0 saturated heterocycles. The number of hydrogen-bond donors (Lipinski definition) is 3. The summed E-state index contributed by atoms with van der Waals surface area (Å²) in [4.78, 5) is 32.0. The van der Waals surface area contributed by atoms with Crippen LogP contribution in [0.2, 0.25) is 0 Å². The summed E-state index contributed by atoms with van der Waals surface area (Å²) in [5, 5.41) is 10.1. The number of rotatable bonds is 4. The minimum atomic E-state index is -0.437. The maximum absolute atomic E-state index is 12.5. The lowest BCUT2D eigenvalue weighted by molar-refractivity contribution is 0.262. The molecule has 150 valence electrons. The van der Waals surface area contributed by atoms with E-state index in [0.29, 0.717) is 28.5 Å². The number of urea groups is 1. The van der Waals surface area contributed by atoms with Gasteiger partial charge < -0.3 is 5.32 Å². The summed E-state index contributed by atoms with van der Waals surface area (Å²) in [6, 6.07) is 19.9. The van der Waals surface area contributed by atoms with Crippen molar-refractivity contribution in [1.29, 1.82) is 0 Å². The van der Waals surface area contributed by atoms with Crippen molar-refractivity contribution in [2.45, 2.75) is 13.8 Å². The molecule has 0 radical (unpaired) electrons. The quantitative estimate of drug-likeness (QED) is 0.483. The molecule has 2 aromatic heterocycles. The normalized spacial score (nSPS) is 10.6. The number of aryl methyl sites for hydroxylation is 1. The molecule has 0 atom stereocenters. The highest BCUT2D eigenvalue weighted by molar-refractivity contribution is 5.99. The van der Waals surface area contributed by atoms with Crippen LogP contribution in [0.5, 0.6) is 0 Å². The molecule has 8 nitrogen and oxygen atoms in total. The molecule has 3 N–H and O–H groups in total. The molecule has 2 aromatic carbocycles. The third-order valence-electron chi connectivity index (χ3n) is 4.64. The summed E-state index contributed by atoms with van der Waals surface area (Å²) in [7, 11) is 0. The molecular formula is C22H20N6O2. The lowest BCUT2D eigenvalue weighted by atomic mass is 10.2. The zero-order valence-corrected chi connectivity index (χ0v) is 16.5. The van der Waals surface area contributed by atoms with E-state index >= 15 is 0 Å². The topological polar surface area (TPSA) is 105 Å². The summed E-state index contributed by atoms with van der Waals surface area (Å²) in [5.41, 5.74) is 3.02. The molecule has 2 amide bonds. The average Bonchev–Trinajstić information content (AvgIpc) is 3.16. The van der Waals surface area contributed by atoms with Crippen LogP contribution in [0.25, 0.3) is 17.2 Å². The van der Waals surface area contributed by atoms with Gasteiger partial charge in [0, 0.05) is 28.6 Å². The Hall–Kier alpha value is -4.20. The fraction of sp³-hybridized carbons (Fsp3) is 0.0909. The van der Waals surface area contributed by atoms with E-state index in [0.717, 1.165) is 5.56 Å². The monoisotopic (exact) mass is 400 g/mol. The first kappa shape index (κ1) is 19.1. The summed E-state index contributed by atoms with van der Waals surface area (Å²) in [6.45, 7) is 3.46. The molecule has 0 fully saturated rings. The second kappa shape index (κ2) is 8.04. The molecule has 4 rings (SSSR count). The lowest BCUT2D eigenvalue weighted by Gasteiger charge is -2.10. The Morgan fingerprint density at radius 1 is 0.967 bits per heavy atom. The molecule has 8 heteroatoms. The van der Waals surface area contributed by atoms with E-state index in [1.807, 2.05) is 48.5 Å². The fourth-order valence-electron chi connectivity index (χ4n) is 2.91. The molecule has 0 aliphatic heterocycles. The minimum absolute atomic E-state index is 0.222. The molecule has 0 saturated carbocycles. The van der Waals surface area contributed by atoms with Crippen molar-refractivity contribution in [1.82, 2.24) is 19.7 Å². The van der Waals surface area contributed by atoms with Crippen molar-refractivity contribution >= 4 is 17.5 Å². The van der Waals surface area contributed by atoms with Crippen molar-refractivity contribution in [2.75, 3.05) is 10.6 Å². The number of nitrogens with zero attached hydrogens (tertiary/aromatic N) is 3. The van der Waals surface area contributed by atoms with Crippen molar-refractivity contribution in [3.63, 3.8) is 0 Å². The highest BCUT2D eigenvalue weighted by atomic mass is 16.2. The minimum Gasteiger partial charge on any atom is -0.308 e. The second-order valence-electron chi connectivity index (χ2n) is 6.74. The molecule has 2 heterocycles. The number of H-pyrrole nitrogens is 1. The highest BCUT2D eigenvalue weighted by Gasteiger charge is 2.16. The van der Waals surface area contributed by atoms with Crippen LogP contribution in [-0.4, -0.2) is 25.8 Å². The number of hydrogen-bond acceptors (Lipinski definition) is 4. The number of aromatic nitrogens is 4. The number of benzene rings is 2. The van der Waals surface area contributed by atoms with E-state index in [2.05, 4.69) is 25.7 Å². The SMILES string of the molecule is Cc1nc(-n2nc(-c3ccccc3)cc2NC(=O)Nc2ccccc2)[nH]c(=O)c1C. The summed E-state index contributed by atoms with van der Waals surface area (Å²) in [5.74, 6) is 0.592. The molecule has 0 unspecified atom stereocenters. The van der Waals surface area contributed by atoms with Crippen LogP contribution in [0, 0.1) is 13.8 Å². The van der Waals surface area contributed by atoms with Gasteiger partial charge in [0.1, 0.15) is 5.82 Å². The lowest BCUT2D eigenvalue weighted by Crippen LogP contribution is -2.23. The predicted molar refractivity (Wildman–Crippen MR) is 116 cm³/mol. The van der Waals surface area contributed by atoms with Crippen LogP contribution >= 0.6 is 0 Å². The van der Waals surface area contributed by atoms with Crippen LogP contribution in [-0.2, 0) is 0 Å². The standard InChI is InChI=1S/C22H20N6O2/c1-14-15(2)23-21(26-20(14)29)28-19(13-18(27-28)16-9-5-3-6-10-16)25-22(30)24-17-11-7-4-8-12-17/h3-13H,1-2H3,(H,23,26,29)(H2,24,25,30). The smallest absolute Gasteiger partial charge is 0.308 e. The number of anilines is 2. The van der Waals surface area contributed by atoms with E-state index in [1.54, 1.807) is 32.0 Å². The number of amides is 2. The average molecular weight is 400 g/mol. The molecule has 30 heavy (non-hydrogen) atoms. The van der Waals surface area contributed by atoms with E-state index in [4.69, 9.17) is 0 Å². The molecular weight excluding hydrogens is 380 g/mol. The van der Waals surface area contributed by atoms with Gasteiger partial charge in [0.15, 0.2) is 0 Å². The van der Waals surface area contributed by atoms with Gasteiger partial charge in [-0.05, 0) is 26.0 Å². The summed E-state index contributed by atoms with van der Waals surface area (Å²) >= 11 is 0. The zero-order valence-electron chi connectivity index (χ0n) is 16.5. The van der Waals surface area contributed by atoms with E-state index < -0.39 is 6.03 Å². The van der Waals surface area contributed by atoms with Crippen molar-refractivity contribution in [2.24, 2.45) is 0 Å². The van der Waals surface area contributed by atoms with Crippen LogP contribution < -0.4 is 16.2 Å². The van der Waals surface area contributed by atoms with Gasteiger partial charge in [0.2, 0.25) is 5.95 Å². The summed E-state index contributed by atoms with van der Waals surface area (Å²) < 4.78 is 1.42. The largest absolute Gasteiger partial charge is 0.324 e. The molecule has 0 bridgehead atoms. The van der Waals surface area contributed by atoms with Crippen molar-refractivity contribution in [3.05, 3.63) is 88.3 Å². The molecule has 0 aliphatic carbocycles. The Kier molecular flexibility index (Phi) is 5.13. The number of nitrogens with one attached hydrogen (secondary N) is 3. The van der Waals surface area contributed by atoms with Gasteiger partial charge in [-0.3, -0.25) is 15.1 Å². The van der Waals surface area contributed by atoms with Gasteiger partial charge in [-0.25, -0.2) is 9.78 Å². The van der Waals surface area contributed by atoms with Gasteiger partial charge >= 0.3 is 6.03 Å². The Labute approximate surface area is 172 Å². The molecule has 4 aromatic rings. The van der Waals surface area contributed by atoms with Crippen LogP contribution in [0.4, 0.5) is 16.3 Å². The van der Waals surface area contributed by atoms with Crippen LogP contribution in [0.3, 0.4) is 0 Å². The van der Waals surface area contributed by atoms with Crippen LogP contribution in [0.15, 0.2) is 71.5 Å². The van der Waals surface area contributed by atoms with Gasteiger partial charge in [-0.2, -0.15) is 9.78 Å². The van der Waals surface area contributed by atoms with Gasteiger partial charge in [0.25, 0.3) is 5.56 Å². The Bertz CT molecular complexity index is 1250. The van der Waals surface area contributed by atoms with Gasteiger partial charge in [-0.15, -0.1) is 0 Å². The fourth-order valence-corrected chi connectivity index (χ4v) is 2.91. The van der Waals surface area contributed by atoms with E-state index in [1.165, 1.54) is 4.68 Å². The first-order valence-electron chi connectivity index (χ1n) is 9.37. The number of para-hydroxylation sites is 1. The summed E-state index contributed by atoms with van der Waals surface area (Å²) in [6.07, 6.45) is 0. The first-order valence-corrected chi connectivity index (χ1v) is 9.37.